The fourth-order valence-electron chi connectivity index (χ4n) is 7.80. The van der Waals surface area contributed by atoms with Gasteiger partial charge in [-0.15, -0.1) is 0 Å². The van der Waals surface area contributed by atoms with Crippen molar-refractivity contribution in [2.75, 3.05) is 0 Å². The first kappa shape index (κ1) is 16.0. The number of carbonyl (C=O) groups is 1. The first-order chi connectivity index (χ1) is 11.1. The highest BCUT2D eigenvalue weighted by atomic mass is 16.4. The van der Waals surface area contributed by atoms with Gasteiger partial charge in [0, 0.05) is 0 Å². The van der Waals surface area contributed by atoms with Crippen molar-refractivity contribution in [1.29, 1.82) is 0 Å². The summed E-state index contributed by atoms with van der Waals surface area (Å²) in [4.78, 5) is 12.1. The number of carboxylic acid groups (broad SMARTS) is 1. The fraction of sp³-hybridized carbons (Fsp3) is 0.952. The molecule has 0 spiro atoms. The van der Waals surface area contributed by atoms with Crippen LogP contribution in [0.3, 0.4) is 0 Å². The number of rotatable bonds is 3. The normalized spacial score (nSPS) is 51.8. The van der Waals surface area contributed by atoms with Crippen LogP contribution in [-0.2, 0) is 4.79 Å². The third kappa shape index (κ3) is 2.46. The second-order valence-electron chi connectivity index (χ2n) is 9.35. The van der Waals surface area contributed by atoms with Gasteiger partial charge in [0.25, 0.3) is 0 Å². The highest BCUT2D eigenvalue weighted by molar-refractivity contribution is 5.70. The molecule has 0 bridgehead atoms. The Hall–Kier alpha value is -0.530. The van der Waals surface area contributed by atoms with Crippen LogP contribution in [0.2, 0.25) is 0 Å². The number of fused-ring (bicyclic) bond motifs is 5. The molecule has 0 aromatic rings. The second kappa shape index (κ2) is 6.08. The van der Waals surface area contributed by atoms with Crippen LogP contribution >= 0.6 is 0 Å². The van der Waals surface area contributed by atoms with E-state index in [0.717, 1.165) is 41.9 Å². The van der Waals surface area contributed by atoms with Gasteiger partial charge in [0.1, 0.15) is 0 Å². The van der Waals surface area contributed by atoms with Gasteiger partial charge in [-0.25, -0.2) is 0 Å². The molecule has 4 aliphatic rings. The number of aliphatic carboxylic acids is 1. The molecule has 4 rings (SSSR count). The summed E-state index contributed by atoms with van der Waals surface area (Å²) in [5.74, 6) is 5.56. The van der Waals surface area contributed by atoms with E-state index < -0.39 is 5.97 Å². The van der Waals surface area contributed by atoms with E-state index in [1.807, 2.05) is 0 Å². The van der Waals surface area contributed by atoms with E-state index in [9.17, 15) is 9.90 Å². The quantitative estimate of drug-likeness (QED) is 0.774. The van der Waals surface area contributed by atoms with E-state index in [1.54, 1.807) is 0 Å². The minimum Gasteiger partial charge on any atom is -0.481 e. The van der Waals surface area contributed by atoms with Crippen LogP contribution in [-0.4, -0.2) is 11.1 Å². The molecular formula is C21H34O2. The van der Waals surface area contributed by atoms with E-state index in [-0.39, 0.29) is 5.92 Å². The lowest BCUT2D eigenvalue weighted by Crippen LogP contribution is -2.48. The summed E-state index contributed by atoms with van der Waals surface area (Å²) in [6, 6.07) is 0. The largest absolute Gasteiger partial charge is 0.481 e. The van der Waals surface area contributed by atoms with Crippen LogP contribution in [0, 0.1) is 53.3 Å². The number of hydrogen-bond acceptors (Lipinski definition) is 1. The Morgan fingerprint density at radius 2 is 1.83 bits per heavy atom. The Labute approximate surface area is 141 Å². The molecule has 0 aromatic heterocycles. The molecule has 0 heterocycles. The third-order valence-corrected chi connectivity index (χ3v) is 8.55. The van der Waals surface area contributed by atoms with Crippen LogP contribution in [0.25, 0.3) is 0 Å². The monoisotopic (exact) mass is 318 g/mol. The van der Waals surface area contributed by atoms with Gasteiger partial charge in [-0.2, -0.15) is 0 Å². The summed E-state index contributed by atoms with van der Waals surface area (Å²) >= 11 is 0. The van der Waals surface area contributed by atoms with Crippen molar-refractivity contribution in [2.24, 2.45) is 53.3 Å². The maximum atomic E-state index is 12.1. The number of hydrogen-bond donors (Lipinski definition) is 1. The van der Waals surface area contributed by atoms with Crippen molar-refractivity contribution in [1.82, 2.24) is 0 Å². The molecule has 2 nitrogen and oxygen atoms in total. The van der Waals surface area contributed by atoms with E-state index >= 15 is 0 Å². The molecule has 0 aliphatic heterocycles. The third-order valence-electron chi connectivity index (χ3n) is 8.55. The van der Waals surface area contributed by atoms with Crippen LogP contribution in [0.1, 0.15) is 71.6 Å². The Balaban J connectivity index is 1.64. The van der Waals surface area contributed by atoms with Crippen molar-refractivity contribution in [3.8, 4) is 0 Å². The maximum Gasteiger partial charge on any atom is 0.306 e. The summed E-state index contributed by atoms with van der Waals surface area (Å²) < 4.78 is 0. The molecule has 9 unspecified atom stereocenters. The Bertz CT molecular complexity index is 457. The van der Waals surface area contributed by atoms with Gasteiger partial charge in [-0.05, 0) is 73.0 Å². The van der Waals surface area contributed by atoms with Crippen LogP contribution in [0.5, 0.6) is 0 Å². The topological polar surface area (TPSA) is 37.3 Å². The summed E-state index contributed by atoms with van der Waals surface area (Å²) in [7, 11) is 0. The van der Waals surface area contributed by atoms with Gasteiger partial charge in [0.05, 0.1) is 5.92 Å². The smallest absolute Gasteiger partial charge is 0.306 e. The minimum atomic E-state index is -0.473. The highest BCUT2D eigenvalue weighted by Crippen LogP contribution is 2.63. The molecule has 2 heteroatoms. The zero-order chi connectivity index (χ0) is 16.1. The van der Waals surface area contributed by atoms with Gasteiger partial charge in [-0.1, -0.05) is 46.0 Å². The zero-order valence-electron chi connectivity index (χ0n) is 14.9. The van der Waals surface area contributed by atoms with E-state index in [1.165, 1.54) is 51.4 Å². The van der Waals surface area contributed by atoms with Gasteiger partial charge < -0.3 is 5.11 Å². The molecule has 1 N–H and O–H groups in total. The van der Waals surface area contributed by atoms with E-state index in [2.05, 4.69) is 13.8 Å². The first-order valence-electron chi connectivity index (χ1n) is 10.3. The average molecular weight is 319 g/mol. The lowest BCUT2D eigenvalue weighted by molar-refractivity contribution is -0.152. The van der Waals surface area contributed by atoms with Gasteiger partial charge in [-0.3, -0.25) is 4.79 Å². The van der Waals surface area contributed by atoms with Crippen molar-refractivity contribution in [2.45, 2.75) is 71.6 Å². The summed E-state index contributed by atoms with van der Waals surface area (Å²) in [5, 5.41) is 9.98. The lowest BCUT2D eigenvalue weighted by atomic mass is 9.52. The predicted octanol–water partition coefficient (Wildman–Crippen LogP) is 5.22. The van der Waals surface area contributed by atoms with Crippen LogP contribution in [0.4, 0.5) is 0 Å². The molecule has 4 aliphatic carbocycles. The molecule has 130 valence electrons. The van der Waals surface area contributed by atoms with Gasteiger partial charge in [0.15, 0.2) is 0 Å². The zero-order valence-corrected chi connectivity index (χ0v) is 14.9. The highest BCUT2D eigenvalue weighted by Gasteiger charge is 2.58. The lowest BCUT2D eigenvalue weighted by Gasteiger charge is -2.52. The average Bonchev–Trinajstić information content (AvgIpc) is 3.10. The van der Waals surface area contributed by atoms with E-state index in [0.29, 0.717) is 11.8 Å². The van der Waals surface area contributed by atoms with Gasteiger partial charge in [0.2, 0.25) is 0 Å². The van der Waals surface area contributed by atoms with Crippen molar-refractivity contribution >= 4 is 5.97 Å². The summed E-state index contributed by atoms with van der Waals surface area (Å²) in [6.07, 6.45) is 11.8. The summed E-state index contributed by atoms with van der Waals surface area (Å²) in [5.41, 5.74) is 0. The molecule has 0 amide bonds. The van der Waals surface area contributed by atoms with Crippen molar-refractivity contribution in [3.05, 3.63) is 0 Å². The fourth-order valence-corrected chi connectivity index (χ4v) is 7.80. The molecule has 23 heavy (non-hydrogen) atoms. The van der Waals surface area contributed by atoms with Gasteiger partial charge >= 0.3 is 5.97 Å². The maximum absolute atomic E-state index is 12.1. The molecule has 0 radical (unpaired) electrons. The second-order valence-corrected chi connectivity index (χ2v) is 9.35. The Morgan fingerprint density at radius 3 is 2.57 bits per heavy atom. The Morgan fingerprint density at radius 1 is 1.00 bits per heavy atom. The van der Waals surface area contributed by atoms with Crippen molar-refractivity contribution in [3.63, 3.8) is 0 Å². The summed E-state index contributed by atoms with van der Waals surface area (Å²) in [6.45, 7) is 4.73. The SMILES string of the molecule is CCCC1C(C)CCC2C1CC(C(=O)O)C1C3CCCC3CC21. The molecular weight excluding hydrogens is 284 g/mol. The van der Waals surface area contributed by atoms with Crippen molar-refractivity contribution < 1.29 is 9.90 Å². The molecule has 9 atom stereocenters. The van der Waals surface area contributed by atoms with E-state index in [4.69, 9.17) is 0 Å². The Kier molecular flexibility index (Phi) is 4.22. The molecule has 4 fully saturated rings. The molecule has 0 saturated heterocycles. The van der Waals surface area contributed by atoms with Crippen LogP contribution < -0.4 is 0 Å². The molecule has 0 aromatic carbocycles. The predicted molar refractivity (Wildman–Crippen MR) is 91.9 cm³/mol. The molecule has 4 saturated carbocycles. The standard InChI is InChI=1S/C21H34O2/c1-3-5-14-12(2)8-9-16-17(14)11-19(21(22)23)20-15-7-4-6-13(15)10-18(16)20/h12-20H,3-11H2,1-2H3,(H,22,23). The van der Waals surface area contributed by atoms with Crippen LogP contribution in [0.15, 0.2) is 0 Å². The first-order valence-corrected chi connectivity index (χ1v) is 10.3. The minimum absolute atomic E-state index is 0.0287. The number of carboxylic acids is 1.